The van der Waals surface area contributed by atoms with Gasteiger partial charge in [0, 0.05) is 0 Å². The normalized spacial score (nSPS) is 9.27. The lowest BCUT2D eigenvalue weighted by Gasteiger charge is -2.14. The lowest BCUT2D eigenvalue weighted by atomic mass is 9.90. The van der Waals surface area contributed by atoms with E-state index < -0.39 is 0 Å². The molecule has 8 aromatic rings. The Hall–Kier alpha value is -7.72. The fourth-order valence-electron chi connectivity index (χ4n) is 7.33. The van der Waals surface area contributed by atoms with Gasteiger partial charge < -0.3 is 0 Å². The maximum absolute atomic E-state index is 4.00. The van der Waals surface area contributed by atoms with Crippen molar-refractivity contribution in [3.63, 3.8) is 0 Å². The quantitative estimate of drug-likeness (QED) is 0.0946. The number of aryl methyl sites for hydroxylation is 2. The summed E-state index contributed by atoms with van der Waals surface area (Å²) in [6.07, 6.45) is 18.8. The summed E-state index contributed by atoms with van der Waals surface area (Å²) in [5.74, 6) is 0.833. The summed E-state index contributed by atoms with van der Waals surface area (Å²) in [5, 5.41) is 0. The van der Waals surface area contributed by atoms with Crippen LogP contribution < -0.4 is 0 Å². The van der Waals surface area contributed by atoms with Crippen molar-refractivity contribution in [2.45, 2.75) is 151 Å². The first-order valence-corrected chi connectivity index (χ1v) is 29.8. The van der Waals surface area contributed by atoms with Crippen molar-refractivity contribution in [3.8, 4) is 57.4 Å². The van der Waals surface area contributed by atoms with Crippen molar-refractivity contribution in [2.75, 3.05) is 0 Å². The molecule has 0 amide bonds. The Kier molecular flexibility index (Phi) is 48.3. The average molecular weight is 1080 g/mol. The van der Waals surface area contributed by atoms with Gasteiger partial charge in [-0.15, -0.1) is 12.8 Å². The van der Waals surface area contributed by atoms with Crippen LogP contribution >= 0.6 is 0 Å². The zero-order valence-electron chi connectivity index (χ0n) is 54.4. The van der Waals surface area contributed by atoms with Crippen LogP contribution in [0, 0.1) is 46.5 Å². The molecule has 8 aromatic carbocycles. The second-order valence-corrected chi connectivity index (χ2v) is 18.2. The molecule has 0 N–H and O–H groups in total. The molecule has 0 spiro atoms. The first-order valence-electron chi connectivity index (χ1n) is 29.8. The molecule has 0 radical (unpaired) electrons. The van der Waals surface area contributed by atoms with Gasteiger partial charge >= 0.3 is 0 Å². The highest BCUT2D eigenvalue weighted by Gasteiger charge is 2.09. The zero-order valence-corrected chi connectivity index (χ0v) is 54.4. The van der Waals surface area contributed by atoms with Gasteiger partial charge in [-0.2, -0.15) is 0 Å². The Morgan fingerprint density at radius 1 is 0.395 bits per heavy atom. The summed E-state index contributed by atoms with van der Waals surface area (Å²) in [6.45, 7) is 49.3. The van der Waals surface area contributed by atoms with Gasteiger partial charge in [-0.05, 0) is 150 Å². The van der Waals surface area contributed by atoms with Crippen molar-refractivity contribution in [3.05, 3.63) is 277 Å². The van der Waals surface area contributed by atoms with Crippen LogP contribution in [0.15, 0.2) is 238 Å². The minimum Gasteiger partial charge on any atom is -0.124 e. The van der Waals surface area contributed by atoms with Gasteiger partial charge in [-0.1, -0.05) is 339 Å². The smallest absolute Gasteiger partial charge is 0.00916 e. The van der Waals surface area contributed by atoms with Crippen LogP contribution in [0.25, 0.3) is 55.7 Å². The van der Waals surface area contributed by atoms with Gasteiger partial charge in [0.25, 0.3) is 0 Å². The predicted molar refractivity (Wildman–Crippen MR) is 375 cm³/mol. The Morgan fingerprint density at radius 2 is 0.765 bits per heavy atom. The predicted octanol–water partition coefficient (Wildman–Crippen LogP) is 25.8. The van der Waals surface area contributed by atoms with Crippen LogP contribution in [0.1, 0.15) is 156 Å². The molecule has 0 nitrogen and oxygen atoms in total. The van der Waals surface area contributed by atoms with Gasteiger partial charge in [0.2, 0.25) is 0 Å². The second kappa shape index (κ2) is 50.5. The van der Waals surface area contributed by atoms with Crippen molar-refractivity contribution >= 4 is 11.1 Å². The Morgan fingerprint density at radius 3 is 1.20 bits per heavy atom. The number of benzene rings is 8. The highest BCUT2D eigenvalue weighted by atomic mass is 14.1. The van der Waals surface area contributed by atoms with Crippen LogP contribution in [0.5, 0.6) is 0 Å². The maximum Gasteiger partial charge on any atom is -0.00916 e. The van der Waals surface area contributed by atoms with E-state index in [0.29, 0.717) is 0 Å². The average Bonchev–Trinajstić information content (AvgIpc) is 3.53. The third kappa shape index (κ3) is 32.2. The van der Waals surface area contributed by atoms with Gasteiger partial charge in [0.15, 0.2) is 0 Å². The van der Waals surface area contributed by atoms with Gasteiger partial charge in [0.1, 0.15) is 0 Å². The van der Waals surface area contributed by atoms with Crippen molar-refractivity contribution < 1.29 is 0 Å². The molecule has 0 saturated carbocycles. The minimum absolute atomic E-state index is 0.833. The molecule has 0 saturated heterocycles. The molecule has 0 heteroatoms. The van der Waals surface area contributed by atoms with Gasteiger partial charge in [0.05, 0.1) is 0 Å². The standard InChI is InChI=1S/C22H26.C19H16.C15H14.C9H10.C4H10.5C2H6.C2H2/c1-5-6-7-8-9-13-20-15-16-22(19(4)18(20)3)21-14-11-10-12-17(21)2;1-15-10-12-17(13-11-15)19-9-5-8-18(14-19)16-6-3-2-4-7-16;1-12(2)14-9-6-10-15(11-14)13-7-4-3-5-8-13;1-8(2)9-6-4-3-5-7-9;1-4(2)3;6*1-2/h6-12,14-16H,5,13H2,1-4H3;2-14H,1H3;3-11H,1H2,2H3;3-7H,1H2,2H3;4H,1-3H3;5*1-2H3;1-2H/b7-6-,9-8-;;;;;;;;;;. The molecule has 0 aliphatic rings. The van der Waals surface area contributed by atoms with E-state index in [9.17, 15) is 0 Å². The van der Waals surface area contributed by atoms with Crippen molar-refractivity contribution in [2.24, 2.45) is 5.92 Å². The fraction of sp³-hybridized carbons (Fsp3) is 0.284. The van der Waals surface area contributed by atoms with E-state index in [2.05, 4.69) is 276 Å². The minimum atomic E-state index is 0.833. The molecule has 0 fully saturated rings. The molecule has 8 rings (SSSR count). The summed E-state index contributed by atoms with van der Waals surface area (Å²) < 4.78 is 0. The van der Waals surface area contributed by atoms with Crippen LogP contribution in [0.4, 0.5) is 0 Å². The number of hydrogen-bond donors (Lipinski definition) is 0. The van der Waals surface area contributed by atoms with Crippen LogP contribution in [-0.2, 0) is 6.42 Å². The third-order valence-corrected chi connectivity index (χ3v) is 11.4. The highest BCUT2D eigenvalue weighted by molar-refractivity contribution is 5.74. The lowest BCUT2D eigenvalue weighted by molar-refractivity contribution is 0.737. The molecular weight excluding hydrogens is 973 g/mol. The number of hydrogen-bond acceptors (Lipinski definition) is 0. The summed E-state index contributed by atoms with van der Waals surface area (Å²) in [4.78, 5) is 0. The first-order chi connectivity index (χ1) is 39.3. The van der Waals surface area contributed by atoms with E-state index >= 15 is 0 Å². The summed E-state index contributed by atoms with van der Waals surface area (Å²) in [5.41, 5.74) is 21.7. The molecule has 0 heterocycles. The Balaban J connectivity index is -0.000000944. The number of rotatable bonds is 10. The molecule has 0 aliphatic heterocycles. The fourth-order valence-corrected chi connectivity index (χ4v) is 7.33. The maximum atomic E-state index is 4.00. The molecule has 0 aromatic heterocycles. The van der Waals surface area contributed by atoms with E-state index in [4.69, 9.17) is 0 Å². The largest absolute Gasteiger partial charge is 0.124 e. The third-order valence-electron chi connectivity index (χ3n) is 11.4. The zero-order chi connectivity index (χ0) is 62.0. The Bertz CT molecular complexity index is 2860. The van der Waals surface area contributed by atoms with Crippen LogP contribution in [0.3, 0.4) is 0 Å². The monoisotopic (exact) mass is 1080 g/mol. The molecule has 0 aliphatic carbocycles. The topological polar surface area (TPSA) is 0 Å². The molecule has 81 heavy (non-hydrogen) atoms. The molecule has 0 bridgehead atoms. The van der Waals surface area contributed by atoms with E-state index in [1.54, 1.807) is 0 Å². The SMILES string of the molecule is C#C.C=C(C)c1cccc(-c2ccccc2)c1.C=C(C)c1ccccc1.CC.CC.CC.CC.CC.CC(C)C.CC/C=C\C=C/Cc1ccc(-c2ccccc2C)c(C)c1C.Cc1ccc(-c2cccc(-c3ccccc3)c2)cc1. The van der Waals surface area contributed by atoms with Crippen LogP contribution in [0.2, 0.25) is 0 Å². The van der Waals surface area contributed by atoms with E-state index in [0.717, 1.165) is 29.9 Å². The van der Waals surface area contributed by atoms with E-state index in [1.807, 2.05) is 113 Å². The van der Waals surface area contributed by atoms with E-state index in [-0.39, 0.29) is 0 Å². The molecule has 432 valence electrons. The highest BCUT2D eigenvalue weighted by Crippen LogP contribution is 2.31. The summed E-state index contributed by atoms with van der Waals surface area (Å²) in [7, 11) is 0. The first kappa shape index (κ1) is 77.5. The lowest BCUT2D eigenvalue weighted by Crippen LogP contribution is -1.95. The number of terminal acetylenes is 1. The number of allylic oxidation sites excluding steroid dienone is 6. The second-order valence-electron chi connectivity index (χ2n) is 18.2. The van der Waals surface area contributed by atoms with Crippen molar-refractivity contribution in [1.82, 2.24) is 0 Å². The van der Waals surface area contributed by atoms with Gasteiger partial charge in [-0.3, -0.25) is 0 Å². The van der Waals surface area contributed by atoms with Gasteiger partial charge in [-0.25, -0.2) is 0 Å². The Labute approximate surface area is 499 Å². The summed E-state index contributed by atoms with van der Waals surface area (Å²) in [6, 6.07) is 70.1. The molecule has 0 atom stereocenters. The summed E-state index contributed by atoms with van der Waals surface area (Å²) >= 11 is 0. The van der Waals surface area contributed by atoms with Crippen molar-refractivity contribution in [1.29, 1.82) is 0 Å². The molecular formula is C81H108. The van der Waals surface area contributed by atoms with Crippen LogP contribution in [-0.4, -0.2) is 0 Å². The van der Waals surface area contributed by atoms with E-state index in [1.165, 1.54) is 83.5 Å². The molecule has 0 unspecified atom stereocenters.